The van der Waals surface area contributed by atoms with Gasteiger partial charge in [0.15, 0.2) is 11.5 Å². The summed E-state index contributed by atoms with van der Waals surface area (Å²) in [5.74, 6) is 2.41. The van der Waals surface area contributed by atoms with Crippen LogP contribution in [-0.2, 0) is 0 Å². The Bertz CT molecular complexity index is 585. The van der Waals surface area contributed by atoms with Gasteiger partial charge in [-0.1, -0.05) is 30.3 Å². The van der Waals surface area contributed by atoms with Crippen LogP contribution < -0.4 is 9.47 Å². The molecule has 3 heteroatoms. The summed E-state index contributed by atoms with van der Waals surface area (Å²) in [5.41, 5.74) is 0. The second kappa shape index (κ2) is 7.32. The molecule has 3 rings (SSSR count). The van der Waals surface area contributed by atoms with Crippen LogP contribution >= 0.6 is 0 Å². The maximum Gasteiger partial charge on any atom is 0.169 e. The molecule has 0 aromatic heterocycles. The quantitative estimate of drug-likeness (QED) is 0.791. The fraction of sp³-hybridized carbons (Fsp3) is 0.368. The van der Waals surface area contributed by atoms with Crippen molar-refractivity contribution in [3.05, 3.63) is 54.6 Å². The number of nitrogens with zero attached hydrogens (tertiary/aromatic N) is 1. The first-order valence-corrected chi connectivity index (χ1v) is 7.98. The van der Waals surface area contributed by atoms with Crippen molar-refractivity contribution < 1.29 is 9.47 Å². The van der Waals surface area contributed by atoms with E-state index >= 15 is 0 Å². The summed E-state index contributed by atoms with van der Waals surface area (Å²) in [4.78, 5) is 2.43. The standard InChI is InChI=1S/C19H23NO2/c1-20-14-7-8-16(20)13-15-21-18-11-5-6-12-19(18)22-17-9-3-2-4-10-17/h2-6,9-12,16H,7-8,13-15H2,1H3/t16-/m1/s1. The molecule has 0 radical (unpaired) electrons. The highest BCUT2D eigenvalue weighted by atomic mass is 16.5. The molecule has 0 aliphatic carbocycles. The summed E-state index contributed by atoms with van der Waals surface area (Å²) in [6.45, 7) is 1.93. The zero-order valence-corrected chi connectivity index (χ0v) is 13.1. The van der Waals surface area contributed by atoms with Gasteiger partial charge in [0, 0.05) is 6.04 Å². The van der Waals surface area contributed by atoms with Crippen LogP contribution in [0.25, 0.3) is 0 Å². The number of likely N-dealkylation sites (tertiary alicyclic amines) is 1. The molecule has 0 spiro atoms. The Morgan fingerprint density at radius 2 is 1.73 bits per heavy atom. The highest BCUT2D eigenvalue weighted by Gasteiger charge is 2.20. The zero-order chi connectivity index (χ0) is 15.2. The highest BCUT2D eigenvalue weighted by Crippen LogP contribution is 2.31. The van der Waals surface area contributed by atoms with Crippen molar-refractivity contribution in [2.75, 3.05) is 20.2 Å². The topological polar surface area (TPSA) is 21.7 Å². The van der Waals surface area contributed by atoms with Gasteiger partial charge >= 0.3 is 0 Å². The van der Waals surface area contributed by atoms with E-state index in [4.69, 9.17) is 9.47 Å². The summed E-state index contributed by atoms with van der Waals surface area (Å²) in [7, 11) is 2.20. The first-order chi connectivity index (χ1) is 10.8. The predicted octanol–water partition coefficient (Wildman–Crippen LogP) is 4.34. The maximum atomic E-state index is 5.97. The van der Waals surface area contributed by atoms with Gasteiger partial charge in [0.25, 0.3) is 0 Å². The van der Waals surface area contributed by atoms with E-state index in [0.29, 0.717) is 6.04 Å². The highest BCUT2D eigenvalue weighted by molar-refractivity contribution is 5.42. The number of hydrogen-bond acceptors (Lipinski definition) is 3. The lowest BCUT2D eigenvalue weighted by atomic mass is 10.1. The van der Waals surface area contributed by atoms with E-state index < -0.39 is 0 Å². The largest absolute Gasteiger partial charge is 0.490 e. The number of para-hydroxylation sites is 3. The van der Waals surface area contributed by atoms with E-state index in [9.17, 15) is 0 Å². The lowest BCUT2D eigenvalue weighted by Gasteiger charge is -2.19. The molecule has 0 N–H and O–H groups in total. The molecule has 1 atom stereocenters. The van der Waals surface area contributed by atoms with E-state index in [-0.39, 0.29) is 0 Å². The van der Waals surface area contributed by atoms with Crippen molar-refractivity contribution in [2.24, 2.45) is 0 Å². The molecular formula is C19H23NO2. The first-order valence-electron chi connectivity index (χ1n) is 7.98. The molecule has 116 valence electrons. The van der Waals surface area contributed by atoms with E-state index in [1.807, 2.05) is 54.6 Å². The SMILES string of the molecule is CN1CCC[C@@H]1CCOc1ccccc1Oc1ccccc1. The van der Waals surface area contributed by atoms with Crippen molar-refractivity contribution in [3.8, 4) is 17.2 Å². The predicted molar refractivity (Wildman–Crippen MR) is 88.7 cm³/mol. The fourth-order valence-corrected chi connectivity index (χ4v) is 2.92. The Morgan fingerprint density at radius 1 is 1.00 bits per heavy atom. The summed E-state index contributed by atoms with van der Waals surface area (Å²) in [6.07, 6.45) is 3.65. The summed E-state index contributed by atoms with van der Waals surface area (Å²) in [5, 5.41) is 0. The lowest BCUT2D eigenvalue weighted by molar-refractivity contribution is 0.229. The molecule has 0 unspecified atom stereocenters. The van der Waals surface area contributed by atoms with Gasteiger partial charge in [-0.05, 0) is 57.1 Å². The first kappa shape index (κ1) is 14.9. The van der Waals surface area contributed by atoms with Crippen molar-refractivity contribution in [2.45, 2.75) is 25.3 Å². The van der Waals surface area contributed by atoms with E-state index in [1.54, 1.807) is 0 Å². The minimum atomic E-state index is 0.655. The van der Waals surface area contributed by atoms with Crippen LogP contribution in [0, 0.1) is 0 Å². The van der Waals surface area contributed by atoms with Crippen molar-refractivity contribution in [1.82, 2.24) is 4.90 Å². The van der Waals surface area contributed by atoms with Crippen LogP contribution in [0.3, 0.4) is 0 Å². The monoisotopic (exact) mass is 297 g/mol. The Balaban J connectivity index is 1.59. The minimum Gasteiger partial charge on any atom is -0.490 e. The van der Waals surface area contributed by atoms with Gasteiger partial charge in [-0.2, -0.15) is 0 Å². The van der Waals surface area contributed by atoms with Crippen LogP contribution in [-0.4, -0.2) is 31.1 Å². The van der Waals surface area contributed by atoms with E-state index in [0.717, 1.165) is 30.3 Å². The molecule has 0 bridgehead atoms. The minimum absolute atomic E-state index is 0.655. The average Bonchev–Trinajstić information content (AvgIpc) is 2.95. The van der Waals surface area contributed by atoms with Crippen molar-refractivity contribution >= 4 is 0 Å². The second-order valence-corrected chi connectivity index (χ2v) is 5.78. The summed E-state index contributed by atoms with van der Waals surface area (Å²) >= 11 is 0. The molecule has 1 saturated heterocycles. The number of ether oxygens (including phenoxy) is 2. The molecule has 0 amide bonds. The molecule has 0 saturated carbocycles. The second-order valence-electron chi connectivity index (χ2n) is 5.78. The van der Waals surface area contributed by atoms with Gasteiger partial charge in [0.2, 0.25) is 0 Å². The normalized spacial score (nSPS) is 18.3. The van der Waals surface area contributed by atoms with Gasteiger partial charge in [-0.3, -0.25) is 0 Å². The van der Waals surface area contributed by atoms with Crippen molar-refractivity contribution in [3.63, 3.8) is 0 Å². The number of benzene rings is 2. The van der Waals surface area contributed by atoms with Crippen LogP contribution in [0.2, 0.25) is 0 Å². The maximum absolute atomic E-state index is 5.97. The third-order valence-corrected chi connectivity index (χ3v) is 4.20. The van der Waals surface area contributed by atoms with Crippen LogP contribution in [0.15, 0.2) is 54.6 Å². The Labute approximate surface area is 132 Å². The van der Waals surface area contributed by atoms with E-state index in [2.05, 4.69) is 11.9 Å². The molecule has 1 fully saturated rings. The molecule has 1 aliphatic rings. The summed E-state index contributed by atoms with van der Waals surface area (Å²) < 4.78 is 11.9. The Hall–Kier alpha value is -2.00. The van der Waals surface area contributed by atoms with Crippen LogP contribution in [0.4, 0.5) is 0 Å². The third-order valence-electron chi connectivity index (χ3n) is 4.20. The van der Waals surface area contributed by atoms with Crippen LogP contribution in [0.5, 0.6) is 17.2 Å². The molecular weight excluding hydrogens is 274 g/mol. The molecule has 2 aromatic rings. The zero-order valence-electron chi connectivity index (χ0n) is 13.1. The summed E-state index contributed by atoms with van der Waals surface area (Å²) in [6, 6.07) is 18.3. The molecule has 1 aliphatic heterocycles. The smallest absolute Gasteiger partial charge is 0.169 e. The molecule has 2 aromatic carbocycles. The lowest BCUT2D eigenvalue weighted by Crippen LogP contribution is -2.26. The van der Waals surface area contributed by atoms with Gasteiger partial charge in [0.05, 0.1) is 6.61 Å². The number of hydrogen-bond donors (Lipinski definition) is 0. The van der Waals surface area contributed by atoms with E-state index in [1.165, 1.54) is 19.4 Å². The number of rotatable bonds is 6. The fourth-order valence-electron chi connectivity index (χ4n) is 2.92. The van der Waals surface area contributed by atoms with Gasteiger partial charge in [-0.15, -0.1) is 0 Å². The van der Waals surface area contributed by atoms with Crippen molar-refractivity contribution in [1.29, 1.82) is 0 Å². The Kier molecular flexibility index (Phi) is 4.96. The van der Waals surface area contributed by atoms with Crippen LogP contribution in [0.1, 0.15) is 19.3 Å². The molecule has 1 heterocycles. The van der Waals surface area contributed by atoms with Gasteiger partial charge in [0.1, 0.15) is 5.75 Å². The van der Waals surface area contributed by atoms with Gasteiger partial charge in [-0.25, -0.2) is 0 Å². The average molecular weight is 297 g/mol. The molecule has 22 heavy (non-hydrogen) atoms. The third kappa shape index (κ3) is 3.80. The van der Waals surface area contributed by atoms with Gasteiger partial charge < -0.3 is 14.4 Å². The Morgan fingerprint density at radius 3 is 2.45 bits per heavy atom. The molecule has 3 nitrogen and oxygen atoms in total.